The molecule has 134 valence electrons. The summed E-state index contributed by atoms with van der Waals surface area (Å²) in [6, 6.07) is 5.30. The van der Waals surface area contributed by atoms with Gasteiger partial charge in [-0.3, -0.25) is 9.59 Å². The average molecular weight is 354 g/mol. The molecule has 0 heterocycles. The van der Waals surface area contributed by atoms with Crippen molar-refractivity contribution in [2.75, 3.05) is 11.9 Å². The van der Waals surface area contributed by atoms with Crippen LogP contribution in [-0.4, -0.2) is 23.9 Å². The van der Waals surface area contributed by atoms with Crippen LogP contribution in [0, 0.1) is 12.8 Å². The first-order chi connectivity index (χ1) is 10.8. The van der Waals surface area contributed by atoms with Gasteiger partial charge < -0.3 is 16.4 Å². The fourth-order valence-electron chi connectivity index (χ4n) is 2.82. The summed E-state index contributed by atoms with van der Waals surface area (Å²) < 4.78 is 0. The highest BCUT2D eigenvalue weighted by atomic mass is 35.5. The number of nitrogens with one attached hydrogen (secondary N) is 2. The number of carbonyl (C=O) groups is 2. The van der Waals surface area contributed by atoms with Gasteiger partial charge in [0.25, 0.3) is 5.91 Å². The first-order valence-corrected chi connectivity index (χ1v) is 8.31. The third-order valence-corrected chi connectivity index (χ3v) is 4.36. The van der Waals surface area contributed by atoms with Crippen LogP contribution in [0.4, 0.5) is 5.69 Å². The Morgan fingerprint density at radius 1 is 1.25 bits per heavy atom. The second-order valence-electron chi connectivity index (χ2n) is 6.95. The lowest BCUT2D eigenvalue weighted by molar-refractivity contribution is -0.121. The van der Waals surface area contributed by atoms with Crippen LogP contribution in [0.25, 0.3) is 0 Å². The average Bonchev–Trinajstić information content (AvgIpc) is 2.95. The molecule has 6 heteroatoms. The van der Waals surface area contributed by atoms with Crippen LogP contribution in [0.3, 0.4) is 0 Å². The van der Waals surface area contributed by atoms with Gasteiger partial charge in [0.1, 0.15) is 0 Å². The maximum atomic E-state index is 12.4. The summed E-state index contributed by atoms with van der Waals surface area (Å²) in [5.74, 6) is 0.187. The third kappa shape index (κ3) is 4.95. The van der Waals surface area contributed by atoms with Gasteiger partial charge in [0, 0.05) is 17.8 Å². The number of benzene rings is 1. The normalized spacial score (nSPS) is 15.7. The van der Waals surface area contributed by atoms with E-state index in [2.05, 4.69) is 24.5 Å². The number of hydrogen-bond acceptors (Lipinski definition) is 3. The molecule has 4 N–H and O–H groups in total. The highest BCUT2D eigenvalue weighted by Gasteiger charge is 2.37. The van der Waals surface area contributed by atoms with E-state index in [0.29, 0.717) is 23.7 Å². The Morgan fingerprint density at radius 2 is 1.88 bits per heavy atom. The molecule has 0 spiro atoms. The van der Waals surface area contributed by atoms with Gasteiger partial charge in [0.2, 0.25) is 5.91 Å². The topological polar surface area (TPSA) is 84.2 Å². The number of nitrogens with two attached hydrogens (primary N) is 1. The molecule has 1 fully saturated rings. The summed E-state index contributed by atoms with van der Waals surface area (Å²) in [4.78, 5) is 24.4. The molecule has 0 saturated heterocycles. The van der Waals surface area contributed by atoms with Crippen molar-refractivity contribution in [3.05, 3.63) is 29.3 Å². The Bertz CT molecular complexity index is 596. The van der Waals surface area contributed by atoms with Crippen molar-refractivity contribution in [3.8, 4) is 0 Å². The monoisotopic (exact) mass is 353 g/mol. The highest BCUT2D eigenvalue weighted by molar-refractivity contribution is 6.00. The van der Waals surface area contributed by atoms with E-state index in [-0.39, 0.29) is 24.2 Å². The molecular formula is C18H28ClN3O2. The zero-order chi connectivity index (χ0) is 17.0. The molecule has 1 aliphatic carbocycles. The second-order valence-corrected chi connectivity index (χ2v) is 6.95. The Labute approximate surface area is 150 Å². The van der Waals surface area contributed by atoms with Gasteiger partial charge in [-0.2, -0.15) is 0 Å². The van der Waals surface area contributed by atoms with Gasteiger partial charge >= 0.3 is 0 Å². The van der Waals surface area contributed by atoms with Crippen molar-refractivity contribution in [1.29, 1.82) is 0 Å². The fraction of sp³-hybridized carbons (Fsp3) is 0.556. The summed E-state index contributed by atoms with van der Waals surface area (Å²) >= 11 is 0. The number of aryl methyl sites for hydroxylation is 1. The summed E-state index contributed by atoms with van der Waals surface area (Å²) in [7, 11) is 0. The number of halogens is 1. The highest BCUT2D eigenvalue weighted by Crippen LogP contribution is 2.29. The van der Waals surface area contributed by atoms with Gasteiger partial charge in [0.05, 0.1) is 5.54 Å². The lowest BCUT2D eigenvalue weighted by atomic mass is 9.97. The number of rotatable bonds is 5. The molecular weight excluding hydrogens is 326 g/mol. The molecule has 5 nitrogen and oxygen atoms in total. The molecule has 24 heavy (non-hydrogen) atoms. The molecule has 0 atom stereocenters. The number of anilines is 1. The molecule has 1 aliphatic rings. The first kappa shape index (κ1) is 20.5. The number of amides is 2. The van der Waals surface area contributed by atoms with E-state index >= 15 is 0 Å². The first-order valence-electron chi connectivity index (χ1n) is 8.31. The van der Waals surface area contributed by atoms with Gasteiger partial charge in [-0.15, -0.1) is 12.4 Å². The SMILES string of the molecule is Cc1cc(C(=O)NCC(C)C)ccc1NC(=O)C1(N)CCCC1.Cl. The predicted molar refractivity (Wildman–Crippen MR) is 99.6 cm³/mol. The fourth-order valence-corrected chi connectivity index (χ4v) is 2.82. The van der Waals surface area contributed by atoms with Crippen molar-refractivity contribution in [1.82, 2.24) is 5.32 Å². The minimum Gasteiger partial charge on any atom is -0.352 e. The number of carbonyl (C=O) groups excluding carboxylic acids is 2. The zero-order valence-corrected chi connectivity index (χ0v) is 15.5. The molecule has 0 aliphatic heterocycles. The third-order valence-electron chi connectivity index (χ3n) is 4.36. The summed E-state index contributed by atoms with van der Waals surface area (Å²) in [5.41, 5.74) is 7.59. The van der Waals surface area contributed by atoms with Crippen molar-refractivity contribution in [2.24, 2.45) is 11.7 Å². The minimum absolute atomic E-state index is 0. The van der Waals surface area contributed by atoms with Crippen molar-refractivity contribution < 1.29 is 9.59 Å². The van der Waals surface area contributed by atoms with E-state index in [9.17, 15) is 9.59 Å². The number of hydrogen-bond donors (Lipinski definition) is 3. The lowest BCUT2D eigenvalue weighted by Gasteiger charge is -2.23. The van der Waals surface area contributed by atoms with Crippen LogP contribution >= 0.6 is 12.4 Å². The van der Waals surface area contributed by atoms with Gasteiger partial charge in [-0.25, -0.2) is 0 Å². The van der Waals surface area contributed by atoms with Crippen LogP contribution in [0.2, 0.25) is 0 Å². The molecule has 2 amide bonds. The van der Waals surface area contributed by atoms with E-state index in [1.54, 1.807) is 18.2 Å². The van der Waals surface area contributed by atoms with E-state index in [4.69, 9.17) is 5.73 Å². The maximum Gasteiger partial charge on any atom is 0.251 e. The second kappa shape index (κ2) is 8.49. The standard InChI is InChI=1S/C18H27N3O2.ClH/c1-12(2)11-20-16(22)14-6-7-15(13(3)10-14)21-17(23)18(19)8-4-5-9-18;/h6-7,10,12H,4-5,8-9,11,19H2,1-3H3,(H,20,22)(H,21,23);1H. The van der Waals surface area contributed by atoms with Crippen molar-refractivity contribution >= 4 is 29.9 Å². The Hall–Kier alpha value is -1.59. The van der Waals surface area contributed by atoms with Crippen LogP contribution < -0.4 is 16.4 Å². The van der Waals surface area contributed by atoms with Crippen molar-refractivity contribution in [3.63, 3.8) is 0 Å². The van der Waals surface area contributed by atoms with E-state index in [0.717, 1.165) is 31.2 Å². The molecule has 1 aromatic rings. The van der Waals surface area contributed by atoms with Crippen LogP contribution in [0.5, 0.6) is 0 Å². The Morgan fingerprint density at radius 3 is 2.42 bits per heavy atom. The molecule has 0 unspecified atom stereocenters. The van der Waals surface area contributed by atoms with Crippen LogP contribution in [-0.2, 0) is 4.79 Å². The smallest absolute Gasteiger partial charge is 0.251 e. The molecule has 1 saturated carbocycles. The maximum absolute atomic E-state index is 12.4. The quantitative estimate of drug-likeness (QED) is 0.760. The van der Waals surface area contributed by atoms with Gasteiger partial charge in [0.15, 0.2) is 0 Å². The van der Waals surface area contributed by atoms with Crippen molar-refractivity contribution in [2.45, 2.75) is 52.0 Å². The van der Waals surface area contributed by atoms with Crippen LogP contribution in [0.1, 0.15) is 55.5 Å². The summed E-state index contributed by atoms with van der Waals surface area (Å²) in [5, 5.41) is 5.80. The van der Waals surface area contributed by atoms with Crippen LogP contribution in [0.15, 0.2) is 18.2 Å². The van der Waals surface area contributed by atoms with E-state index in [1.165, 1.54) is 0 Å². The Balaban J connectivity index is 0.00000288. The lowest BCUT2D eigenvalue weighted by Crippen LogP contribution is -2.48. The minimum atomic E-state index is -0.750. The molecule has 1 aromatic carbocycles. The Kier molecular flexibility index (Phi) is 7.24. The predicted octanol–water partition coefficient (Wildman–Crippen LogP) is 3.01. The molecule has 0 radical (unpaired) electrons. The summed E-state index contributed by atoms with van der Waals surface area (Å²) in [6.45, 7) is 6.63. The summed E-state index contributed by atoms with van der Waals surface area (Å²) in [6.07, 6.45) is 3.46. The van der Waals surface area contributed by atoms with Gasteiger partial charge in [-0.1, -0.05) is 26.7 Å². The van der Waals surface area contributed by atoms with E-state index < -0.39 is 5.54 Å². The largest absolute Gasteiger partial charge is 0.352 e. The molecule has 2 rings (SSSR count). The molecule has 0 aromatic heterocycles. The zero-order valence-electron chi connectivity index (χ0n) is 14.6. The van der Waals surface area contributed by atoms with E-state index in [1.807, 2.05) is 6.92 Å². The molecule has 0 bridgehead atoms. The van der Waals surface area contributed by atoms with Gasteiger partial charge in [-0.05, 0) is 49.4 Å².